The summed E-state index contributed by atoms with van der Waals surface area (Å²) in [4.78, 5) is 2.60. The Balaban J connectivity index is 1.48. The van der Waals surface area contributed by atoms with Crippen LogP contribution in [0.1, 0.15) is 0 Å². The molecule has 38 heavy (non-hydrogen) atoms. The Bertz CT molecular complexity index is 2110. The minimum atomic E-state index is 0.0952. The molecule has 0 N–H and O–H groups in total. The average Bonchev–Trinajstić information content (AvgIpc) is 2.98. The molecule has 7 aromatic rings. The zero-order valence-corrected chi connectivity index (χ0v) is 20.7. The van der Waals surface area contributed by atoms with Crippen molar-refractivity contribution in [2.45, 2.75) is 0 Å². The Morgan fingerprint density at radius 2 is 0.947 bits per heavy atom. The van der Waals surface area contributed by atoms with E-state index in [9.17, 15) is 0 Å². The summed E-state index contributed by atoms with van der Waals surface area (Å²) in [5.74, 6) is 0. The van der Waals surface area contributed by atoms with E-state index in [1.54, 1.807) is 0 Å². The van der Waals surface area contributed by atoms with Gasteiger partial charge in [0.2, 0.25) is 0 Å². The molecule has 2 aliphatic heterocycles. The lowest BCUT2D eigenvalue weighted by Crippen LogP contribution is -2.59. The van der Waals surface area contributed by atoms with Gasteiger partial charge in [-0.25, -0.2) is 0 Å². The summed E-state index contributed by atoms with van der Waals surface area (Å²) in [6, 6.07) is 49.6. The number of anilines is 2. The molecule has 7 aromatic carbocycles. The van der Waals surface area contributed by atoms with Gasteiger partial charge < -0.3 is 4.81 Å². The van der Waals surface area contributed by atoms with E-state index >= 15 is 0 Å². The van der Waals surface area contributed by atoms with Gasteiger partial charge in [0.1, 0.15) is 0 Å². The molecule has 0 fully saturated rings. The molecule has 0 atom stereocenters. The van der Waals surface area contributed by atoms with Crippen LogP contribution in [0.25, 0.3) is 54.6 Å². The van der Waals surface area contributed by atoms with Crippen molar-refractivity contribution in [1.82, 2.24) is 0 Å². The van der Waals surface area contributed by atoms with Crippen molar-refractivity contribution >= 4 is 61.5 Å². The Morgan fingerprint density at radius 3 is 1.68 bits per heavy atom. The van der Waals surface area contributed by atoms with Crippen LogP contribution in [0.4, 0.5) is 11.4 Å². The second kappa shape index (κ2) is 7.37. The number of nitrogens with zero attached hydrogens (tertiary/aromatic N) is 1. The fraction of sp³-hybridized carbons (Fsp3) is 0. The summed E-state index contributed by atoms with van der Waals surface area (Å²) in [7, 11) is 0. The number of fused-ring (bicyclic) bond motifs is 15. The van der Waals surface area contributed by atoms with Gasteiger partial charge >= 0.3 is 6.85 Å². The molecule has 2 heterocycles. The van der Waals surface area contributed by atoms with Crippen LogP contribution in [0.15, 0.2) is 133 Å². The largest absolute Gasteiger partial charge is 0.376 e. The topological polar surface area (TPSA) is 3.24 Å². The Labute approximate surface area is 221 Å². The van der Waals surface area contributed by atoms with Crippen molar-refractivity contribution < 1.29 is 0 Å². The Hall–Kier alpha value is -4.82. The number of benzene rings is 7. The van der Waals surface area contributed by atoms with Gasteiger partial charge in [0.05, 0.1) is 0 Å². The maximum atomic E-state index is 2.60. The van der Waals surface area contributed by atoms with Crippen LogP contribution in [0.5, 0.6) is 0 Å². The van der Waals surface area contributed by atoms with Gasteiger partial charge in [-0.15, -0.1) is 0 Å². The van der Waals surface area contributed by atoms with E-state index in [-0.39, 0.29) is 6.85 Å². The Kier molecular flexibility index (Phi) is 3.93. The van der Waals surface area contributed by atoms with Gasteiger partial charge in [0.15, 0.2) is 0 Å². The lowest BCUT2D eigenvalue weighted by molar-refractivity contribution is 1.36. The number of hydrogen-bond donors (Lipinski definition) is 0. The second-order valence-corrected chi connectivity index (χ2v) is 10.5. The smallest absolute Gasteiger partial charge is 0.329 e. The minimum Gasteiger partial charge on any atom is -0.376 e. The molecule has 0 radical (unpaired) electrons. The molecule has 0 saturated carbocycles. The monoisotopic (exact) mass is 479 g/mol. The summed E-state index contributed by atoms with van der Waals surface area (Å²) in [6.45, 7) is 0.0952. The molecule has 0 aromatic heterocycles. The van der Waals surface area contributed by atoms with E-state index in [2.05, 4.69) is 138 Å². The summed E-state index contributed by atoms with van der Waals surface area (Å²) < 4.78 is 0. The van der Waals surface area contributed by atoms with Crippen molar-refractivity contribution in [2.24, 2.45) is 0 Å². The average molecular weight is 479 g/mol. The van der Waals surface area contributed by atoms with Gasteiger partial charge in [0.25, 0.3) is 0 Å². The summed E-state index contributed by atoms with van der Waals surface area (Å²) in [6.07, 6.45) is 0. The zero-order chi connectivity index (χ0) is 24.8. The van der Waals surface area contributed by atoms with Crippen LogP contribution in [0, 0.1) is 0 Å². The molecule has 0 unspecified atom stereocenters. The van der Waals surface area contributed by atoms with Crippen LogP contribution in [0.3, 0.4) is 0 Å². The molecule has 0 spiro atoms. The fourth-order valence-corrected chi connectivity index (χ4v) is 6.93. The zero-order valence-electron chi connectivity index (χ0n) is 20.7. The van der Waals surface area contributed by atoms with E-state index in [0.717, 1.165) is 0 Å². The maximum absolute atomic E-state index is 2.60. The summed E-state index contributed by atoms with van der Waals surface area (Å²) >= 11 is 0. The van der Waals surface area contributed by atoms with E-state index in [0.29, 0.717) is 0 Å². The van der Waals surface area contributed by atoms with Gasteiger partial charge in [-0.3, -0.25) is 0 Å². The van der Waals surface area contributed by atoms with Crippen LogP contribution < -0.4 is 15.7 Å². The molecule has 2 aliphatic rings. The number of para-hydroxylation sites is 1. The van der Waals surface area contributed by atoms with E-state index in [4.69, 9.17) is 0 Å². The van der Waals surface area contributed by atoms with Gasteiger partial charge in [-0.05, 0) is 78.6 Å². The minimum absolute atomic E-state index is 0.0952. The SMILES string of the molecule is c1ccc2c(c1)-c1cc3ccccc3cc1B1c3cc4ccccc4cc3-c3c(ccc4ccccc34)N12. The molecular weight excluding hydrogens is 457 g/mol. The predicted molar refractivity (Wildman–Crippen MR) is 163 cm³/mol. The number of hydrogen-bond acceptors (Lipinski definition) is 1. The van der Waals surface area contributed by atoms with E-state index in [1.165, 1.54) is 76.9 Å². The normalized spacial score (nSPS) is 13.2. The summed E-state index contributed by atoms with van der Waals surface area (Å²) in [5.41, 5.74) is 10.6. The van der Waals surface area contributed by atoms with Crippen molar-refractivity contribution in [3.63, 3.8) is 0 Å². The third kappa shape index (κ3) is 2.62. The quantitative estimate of drug-likeness (QED) is 0.199. The lowest BCUT2D eigenvalue weighted by atomic mass is 9.43. The van der Waals surface area contributed by atoms with E-state index in [1.807, 2.05) is 0 Å². The Morgan fingerprint density at radius 1 is 0.395 bits per heavy atom. The second-order valence-electron chi connectivity index (χ2n) is 10.5. The third-order valence-electron chi connectivity index (χ3n) is 8.57. The molecule has 0 aliphatic carbocycles. The molecule has 0 saturated heterocycles. The first-order valence-electron chi connectivity index (χ1n) is 13.3. The fourth-order valence-electron chi connectivity index (χ4n) is 6.93. The van der Waals surface area contributed by atoms with Crippen LogP contribution >= 0.6 is 0 Å². The van der Waals surface area contributed by atoms with Crippen LogP contribution in [0.2, 0.25) is 0 Å². The molecule has 0 bridgehead atoms. The van der Waals surface area contributed by atoms with Gasteiger partial charge in [0, 0.05) is 22.5 Å². The lowest BCUT2D eigenvalue weighted by Gasteiger charge is -2.44. The first kappa shape index (κ1) is 20.3. The standard InChI is InChI=1S/C36H22BN/c1-3-12-26-21-32-30(19-24(26)10-1)29-15-7-8-16-34(29)38-35-18-17-23-9-5-6-14-28(23)36(35)31-20-25-11-2-4-13-27(25)22-33(31)37(32)38/h1-22H. The first-order chi connectivity index (χ1) is 18.8. The van der Waals surface area contributed by atoms with E-state index < -0.39 is 0 Å². The van der Waals surface area contributed by atoms with Crippen molar-refractivity contribution in [3.05, 3.63) is 133 Å². The van der Waals surface area contributed by atoms with Crippen molar-refractivity contribution in [2.75, 3.05) is 4.81 Å². The van der Waals surface area contributed by atoms with Crippen LogP contribution in [-0.4, -0.2) is 6.85 Å². The first-order valence-corrected chi connectivity index (χ1v) is 13.3. The highest BCUT2D eigenvalue weighted by Crippen LogP contribution is 2.48. The predicted octanol–water partition coefficient (Wildman–Crippen LogP) is 8.05. The molecule has 9 rings (SSSR count). The molecule has 1 nitrogen and oxygen atoms in total. The summed E-state index contributed by atoms with van der Waals surface area (Å²) in [5, 5.41) is 7.74. The molecule has 0 amide bonds. The third-order valence-corrected chi connectivity index (χ3v) is 8.57. The highest BCUT2D eigenvalue weighted by Gasteiger charge is 2.42. The highest BCUT2D eigenvalue weighted by molar-refractivity contribution is 6.93. The number of rotatable bonds is 0. The van der Waals surface area contributed by atoms with Gasteiger partial charge in [-0.2, -0.15) is 0 Å². The molecule has 174 valence electrons. The van der Waals surface area contributed by atoms with Crippen LogP contribution in [-0.2, 0) is 0 Å². The maximum Gasteiger partial charge on any atom is 0.329 e. The highest BCUT2D eigenvalue weighted by atomic mass is 15.1. The van der Waals surface area contributed by atoms with Crippen molar-refractivity contribution in [3.8, 4) is 22.3 Å². The van der Waals surface area contributed by atoms with Gasteiger partial charge in [-0.1, -0.05) is 109 Å². The van der Waals surface area contributed by atoms with Crippen molar-refractivity contribution in [1.29, 1.82) is 0 Å². The molecule has 2 heteroatoms. The molecular formula is C36H22BN.